The molecular formula is C13H17N3O4S. The number of hydrogen-bond acceptors (Lipinski definition) is 5. The minimum atomic E-state index is -3.68. The van der Waals surface area contributed by atoms with E-state index in [2.05, 4.69) is 4.72 Å². The monoisotopic (exact) mass is 311 g/mol. The molecule has 1 aromatic rings. The topological polar surface area (TPSA) is 115 Å². The predicted molar refractivity (Wildman–Crippen MR) is 77.1 cm³/mol. The second-order valence-electron chi connectivity index (χ2n) is 5.88. The summed E-state index contributed by atoms with van der Waals surface area (Å²) in [5.41, 5.74) is 5.13. The highest BCUT2D eigenvalue weighted by Crippen LogP contribution is 2.44. The molecule has 2 aliphatic rings. The molecule has 2 saturated carbocycles. The summed E-state index contributed by atoms with van der Waals surface area (Å²) in [6, 6.07) is 3.48. The van der Waals surface area contributed by atoms with E-state index in [0.29, 0.717) is 11.8 Å². The van der Waals surface area contributed by atoms with Crippen LogP contribution in [0.4, 0.5) is 11.4 Å². The van der Waals surface area contributed by atoms with Gasteiger partial charge in [0.05, 0.1) is 9.82 Å². The van der Waals surface area contributed by atoms with E-state index in [4.69, 9.17) is 5.73 Å². The molecule has 0 aromatic heterocycles. The molecule has 2 fully saturated rings. The summed E-state index contributed by atoms with van der Waals surface area (Å²) in [5.74, 6) is 1.05. The summed E-state index contributed by atoms with van der Waals surface area (Å²) in [6.07, 6.45) is 4.23. The third kappa shape index (κ3) is 2.60. The number of nitrogens with zero attached hydrogens (tertiary/aromatic N) is 1. The van der Waals surface area contributed by atoms with Crippen molar-refractivity contribution in [2.75, 3.05) is 5.73 Å². The number of benzene rings is 1. The van der Waals surface area contributed by atoms with Crippen LogP contribution in [0, 0.1) is 22.0 Å². The zero-order valence-corrected chi connectivity index (χ0v) is 12.2. The molecular weight excluding hydrogens is 294 g/mol. The van der Waals surface area contributed by atoms with Crippen molar-refractivity contribution >= 4 is 21.4 Å². The van der Waals surface area contributed by atoms with Crippen molar-refractivity contribution in [3.63, 3.8) is 0 Å². The Labute approximate surface area is 122 Å². The van der Waals surface area contributed by atoms with Gasteiger partial charge in [0.25, 0.3) is 5.69 Å². The number of nitro benzene ring substituents is 1. The number of nitro groups is 1. The van der Waals surface area contributed by atoms with Gasteiger partial charge in [-0.3, -0.25) is 10.1 Å². The maximum Gasteiger partial charge on any atom is 0.292 e. The first-order chi connectivity index (χ1) is 9.87. The number of fused-ring (bicyclic) bond motifs is 2. The highest BCUT2D eigenvalue weighted by Gasteiger charge is 2.41. The normalized spacial score (nSPS) is 27.9. The zero-order valence-electron chi connectivity index (χ0n) is 11.4. The Morgan fingerprint density at radius 2 is 2.05 bits per heavy atom. The number of sulfonamides is 1. The Balaban J connectivity index is 1.82. The Hall–Kier alpha value is -1.67. The van der Waals surface area contributed by atoms with Gasteiger partial charge in [-0.25, -0.2) is 13.1 Å². The van der Waals surface area contributed by atoms with Gasteiger partial charge in [0, 0.05) is 12.1 Å². The largest absolute Gasteiger partial charge is 0.393 e. The van der Waals surface area contributed by atoms with Gasteiger partial charge < -0.3 is 5.73 Å². The molecule has 0 amide bonds. The molecule has 0 aliphatic heterocycles. The lowest BCUT2D eigenvalue weighted by atomic mass is 9.96. The molecule has 2 aliphatic carbocycles. The predicted octanol–water partition coefficient (Wildman–Crippen LogP) is 1.64. The number of nitrogen functional groups attached to an aromatic ring is 1. The van der Waals surface area contributed by atoms with Gasteiger partial charge in [-0.1, -0.05) is 6.42 Å². The molecule has 0 saturated heterocycles. The first kappa shape index (κ1) is 14.3. The van der Waals surface area contributed by atoms with E-state index in [9.17, 15) is 18.5 Å². The summed E-state index contributed by atoms with van der Waals surface area (Å²) in [5, 5.41) is 10.7. The van der Waals surface area contributed by atoms with Crippen LogP contribution in [-0.2, 0) is 10.0 Å². The van der Waals surface area contributed by atoms with Crippen molar-refractivity contribution in [2.45, 2.75) is 36.6 Å². The van der Waals surface area contributed by atoms with Gasteiger partial charge in [0.1, 0.15) is 5.69 Å². The van der Waals surface area contributed by atoms with E-state index in [1.807, 2.05) is 0 Å². The van der Waals surface area contributed by atoms with Gasteiger partial charge in [-0.05, 0) is 43.2 Å². The summed E-state index contributed by atoms with van der Waals surface area (Å²) in [6.45, 7) is 0. The number of hydrogen-bond donors (Lipinski definition) is 2. The van der Waals surface area contributed by atoms with Crippen LogP contribution in [0.5, 0.6) is 0 Å². The molecule has 7 nitrogen and oxygen atoms in total. The molecule has 3 N–H and O–H groups in total. The molecule has 1 aromatic carbocycles. The van der Waals surface area contributed by atoms with Crippen LogP contribution in [0.1, 0.15) is 25.7 Å². The third-order valence-electron chi connectivity index (χ3n) is 4.55. The lowest BCUT2D eigenvalue weighted by Crippen LogP contribution is -2.38. The molecule has 8 heteroatoms. The standard InChI is InChI=1S/C13H17N3O4S/c14-11-7-10(3-4-13(11)16(17)18)21(19,20)15-12-6-8-1-2-9(12)5-8/h3-4,7-9,12,15H,1-2,5-6,14H2. The first-order valence-electron chi connectivity index (χ1n) is 6.93. The van der Waals surface area contributed by atoms with Crippen LogP contribution in [0.2, 0.25) is 0 Å². The Morgan fingerprint density at radius 3 is 2.57 bits per heavy atom. The highest BCUT2D eigenvalue weighted by atomic mass is 32.2. The molecule has 21 heavy (non-hydrogen) atoms. The Bertz CT molecular complexity index is 689. The number of rotatable bonds is 4. The maximum atomic E-state index is 12.4. The lowest BCUT2D eigenvalue weighted by molar-refractivity contribution is -0.383. The van der Waals surface area contributed by atoms with Crippen molar-refractivity contribution in [1.29, 1.82) is 0 Å². The quantitative estimate of drug-likeness (QED) is 0.498. The molecule has 114 valence electrons. The summed E-state index contributed by atoms with van der Waals surface area (Å²) in [4.78, 5) is 10.1. The van der Waals surface area contributed by atoms with Crippen LogP contribution in [-0.4, -0.2) is 19.4 Å². The van der Waals surface area contributed by atoms with Gasteiger partial charge >= 0.3 is 0 Å². The van der Waals surface area contributed by atoms with Crippen LogP contribution < -0.4 is 10.5 Å². The Morgan fingerprint density at radius 1 is 1.29 bits per heavy atom. The summed E-state index contributed by atoms with van der Waals surface area (Å²) >= 11 is 0. The Kier molecular flexibility index (Phi) is 3.37. The highest BCUT2D eigenvalue weighted by molar-refractivity contribution is 7.89. The van der Waals surface area contributed by atoms with Crippen LogP contribution >= 0.6 is 0 Å². The van der Waals surface area contributed by atoms with Crippen molar-refractivity contribution in [3.8, 4) is 0 Å². The first-order valence-corrected chi connectivity index (χ1v) is 8.41. The molecule has 3 rings (SSSR count). The van der Waals surface area contributed by atoms with E-state index in [0.717, 1.165) is 31.4 Å². The van der Waals surface area contributed by atoms with Crippen molar-refractivity contribution in [2.24, 2.45) is 11.8 Å². The fourth-order valence-electron chi connectivity index (χ4n) is 3.52. The van der Waals surface area contributed by atoms with E-state index >= 15 is 0 Å². The SMILES string of the molecule is Nc1cc(S(=O)(=O)NC2CC3CCC2C3)ccc1[N+](=O)[O-]. The average Bonchev–Trinajstić information content (AvgIpc) is 2.99. The van der Waals surface area contributed by atoms with Gasteiger partial charge in [-0.2, -0.15) is 0 Å². The molecule has 3 atom stereocenters. The molecule has 0 radical (unpaired) electrons. The number of anilines is 1. The smallest absolute Gasteiger partial charge is 0.292 e. The van der Waals surface area contributed by atoms with E-state index in [1.165, 1.54) is 12.5 Å². The second kappa shape index (κ2) is 4.96. The number of nitrogens with one attached hydrogen (secondary N) is 1. The maximum absolute atomic E-state index is 12.4. The minimum Gasteiger partial charge on any atom is -0.393 e. The third-order valence-corrected chi connectivity index (χ3v) is 6.04. The van der Waals surface area contributed by atoms with Gasteiger partial charge in [-0.15, -0.1) is 0 Å². The van der Waals surface area contributed by atoms with Crippen LogP contribution in [0.15, 0.2) is 23.1 Å². The van der Waals surface area contributed by atoms with Crippen molar-refractivity contribution in [1.82, 2.24) is 4.72 Å². The minimum absolute atomic E-state index is 0.0200. The molecule has 0 heterocycles. The zero-order chi connectivity index (χ0) is 15.2. The van der Waals surface area contributed by atoms with Crippen LogP contribution in [0.3, 0.4) is 0 Å². The summed E-state index contributed by atoms with van der Waals surface area (Å²) in [7, 11) is -3.68. The van der Waals surface area contributed by atoms with E-state index < -0.39 is 14.9 Å². The average molecular weight is 311 g/mol. The molecule has 3 unspecified atom stereocenters. The van der Waals surface area contributed by atoms with Gasteiger partial charge in [0.15, 0.2) is 0 Å². The van der Waals surface area contributed by atoms with E-state index in [1.54, 1.807) is 0 Å². The number of nitrogens with two attached hydrogens (primary N) is 1. The second-order valence-corrected chi connectivity index (χ2v) is 7.59. The fraction of sp³-hybridized carbons (Fsp3) is 0.538. The summed E-state index contributed by atoms with van der Waals surface area (Å²) < 4.78 is 27.4. The van der Waals surface area contributed by atoms with Crippen LogP contribution in [0.25, 0.3) is 0 Å². The van der Waals surface area contributed by atoms with Gasteiger partial charge in [0.2, 0.25) is 10.0 Å². The van der Waals surface area contributed by atoms with E-state index in [-0.39, 0.29) is 22.3 Å². The van der Waals surface area contributed by atoms with Crippen molar-refractivity contribution in [3.05, 3.63) is 28.3 Å². The lowest BCUT2D eigenvalue weighted by Gasteiger charge is -2.22. The fourth-order valence-corrected chi connectivity index (χ4v) is 4.88. The molecule has 0 spiro atoms. The molecule has 2 bridgehead atoms. The van der Waals surface area contributed by atoms with Crippen molar-refractivity contribution < 1.29 is 13.3 Å².